The number of amides is 1. The smallest absolute Gasteiger partial charge is 0.286 e. The summed E-state index contributed by atoms with van der Waals surface area (Å²) in [6, 6.07) is 4.34. The predicted molar refractivity (Wildman–Crippen MR) is 94.1 cm³/mol. The van der Waals surface area contributed by atoms with E-state index in [4.69, 9.17) is 0 Å². The molecular weight excluding hydrogens is 292 g/mol. The molecule has 2 heterocycles. The van der Waals surface area contributed by atoms with E-state index in [2.05, 4.69) is 42.8 Å². The van der Waals surface area contributed by atoms with E-state index < -0.39 is 0 Å². The lowest BCUT2D eigenvalue weighted by Crippen LogP contribution is -2.33. The van der Waals surface area contributed by atoms with Gasteiger partial charge in [0, 0.05) is 13.1 Å². The van der Waals surface area contributed by atoms with E-state index in [1.54, 1.807) is 0 Å². The van der Waals surface area contributed by atoms with Gasteiger partial charge in [-0.1, -0.05) is 12.1 Å². The molecule has 0 bridgehead atoms. The summed E-state index contributed by atoms with van der Waals surface area (Å²) in [6.45, 7) is 8.36. The van der Waals surface area contributed by atoms with Crippen LogP contribution in [0.2, 0.25) is 0 Å². The Kier molecular flexibility index (Phi) is 4.39. The van der Waals surface area contributed by atoms with Gasteiger partial charge >= 0.3 is 0 Å². The van der Waals surface area contributed by atoms with Crippen LogP contribution in [-0.4, -0.2) is 29.1 Å². The monoisotopic (exact) mass is 314 g/mol. The van der Waals surface area contributed by atoms with E-state index in [9.17, 15) is 4.79 Å². The standard InChI is InChI=1S/C18H22N2OS/c1-12-9-14(3)15(10-13(12)2)11-16-17(21)19-18(22-16)20-7-5-4-6-8-20/h9-11H,4-8H2,1-3H3. The molecule has 0 aromatic heterocycles. The van der Waals surface area contributed by atoms with E-state index >= 15 is 0 Å². The summed E-state index contributed by atoms with van der Waals surface area (Å²) >= 11 is 1.53. The molecule has 1 amide bonds. The maximum absolute atomic E-state index is 12.2. The van der Waals surface area contributed by atoms with E-state index in [0.717, 1.165) is 28.7 Å². The summed E-state index contributed by atoms with van der Waals surface area (Å²) in [5, 5.41) is 0.887. The third-order valence-electron chi connectivity index (χ3n) is 4.40. The summed E-state index contributed by atoms with van der Waals surface area (Å²) in [5.74, 6) is -0.0943. The maximum atomic E-state index is 12.2. The molecule has 0 spiro atoms. The van der Waals surface area contributed by atoms with Crippen molar-refractivity contribution in [3.8, 4) is 0 Å². The minimum absolute atomic E-state index is 0.0943. The van der Waals surface area contributed by atoms with Crippen molar-refractivity contribution in [3.63, 3.8) is 0 Å². The van der Waals surface area contributed by atoms with Crippen molar-refractivity contribution < 1.29 is 4.79 Å². The van der Waals surface area contributed by atoms with Crippen LogP contribution in [0.3, 0.4) is 0 Å². The number of piperidine rings is 1. The molecule has 0 saturated carbocycles. The average Bonchev–Trinajstić information content (AvgIpc) is 2.87. The molecule has 2 aliphatic heterocycles. The summed E-state index contributed by atoms with van der Waals surface area (Å²) in [6.07, 6.45) is 5.67. The number of aliphatic imine (C=N–C) groups is 1. The van der Waals surface area contributed by atoms with Gasteiger partial charge in [0.05, 0.1) is 4.91 Å². The van der Waals surface area contributed by atoms with Crippen molar-refractivity contribution in [3.05, 3.63) is 39.3 Å². The highest BCUT2D eigenvalue weighted by Gasteiger charge is 2.27. The number of hydrogen-bond acceptors (Lipinski definition) is 3. The lowest BCUT2D eigenvalue weighted by atomic mass is 10.0. The Morgan fingerprint density at radius 3 is 2.45 bits per heavy atom. The second-order valence-corrected chi connectivity index (χ2v) is 7.16. The fourth-order valence-electron chi connectivity index (χ4n) is 2.90. The number of carbonyl (C=O) groups excluding carboxylic acids is 1. The van der Waals surface area contributed by atoms with Crippen LogP contribution < -0.4 is 0 Å². The number of nitrogens with zero attached hydrogens (tertiary/aromatic N) is 2. The summed E-state index contributed by atoms with van der Waals surface area (Å²) < 4.78 is 0. The molecule has 1 saturated heterocycles. The minimum atomic E-state index is -0.0943. The topological polar surface area (TPSA) is 32.7 Å². The van der Waals surface area contributed by atoms with E-state index in [1.807, 2.05) is 6.08 Å². The number of hydrogen-bond donors (Lipinski definition) is 0. The number of benzene rings is 1. The second-order valence-electron chi connectivity index (χ2n) is 6.15. The number of carbonyl (C=O) groups is 1. The van der Waals surface area contributed by atoms with Crippen molar-refractivity contribution in [1.29, 1.82) is 0 Å². The summed E-state index contributed by atoms with van der Waals surface area (Å²) in [5.41, 5.74) is 4.87. The van der Waals surface area contributed by atoms with Gasteiger partial charge < -0.3 is 4.90 Å². The van der Waals surface area contributed by atoms with Crippen molar-refractivity contribution in [2.45, 2.75) is 40.0 Å². The lowest BCUT2D eigenvalue weighted by Gasteiger charge is -2.27. The molecule has 1 aromatic carbocycles. The first-order chi connectivity index (χ1) is 10.5. The van der Waals surface area contributed by atoms with Crippen molar-refractivity contribution in [2.24, 2.45) is 4.99 Å². The molecule has 3 rings (SSSR count). The highest BCUT2D eigenvalue weighted by Crippen LogP contribution is 2.32. The van der Waals surface area contributed by atoms with E-state index in [1.165, 1.54) is 47.7 Å². The SMILES string of the molecule is Cc1cc(C)c(C=C2SC(N3CCCCC3)=NC2=O)cc1C. The van der Waals surface area contributed by atoms with Crippen LogP contribution in [0.1, 0.15) is 41.5 Å². The van der Waals surface area contributed by atoms with Gasteiger partial charge in [0.2, 0.25) is 0 Å². The van der Waals surface area contributed by atoms with Crippen LogP contribution in [0, 0.1) is 20.8 Å². The largest absolute Gasteiger partial charge is 0.351 e. The molecule has 1 aromatic rings. The van der Waals surface area contributed by atoms with Gasteiger partial charge in [-0.15, -0.1) is 0 Å². The van der Waals surface area contributed by atoms with Crippen LogP contribution in [0.15, 0.2) is 22.0 Å². The Morgan fingerprint density at radius 2 is 1.73 bits per heavy atom. The van der Waals surface area contributed by atoms with Gasteiger partial charge in [-0.3, -0.25) is 4.79 Å². The maximum Gasteiger partial charge on any atom is 0.286 e. The fraction of sp³-hybridized carbons (Fsp3) is 0.444. The number of likely N-dealkylation sites (tertiary alicyclic amines) is 1. The van der Waals surface area contributed by atoms with Gasteiger partial charge in [0.25, 0.3) is 5.91 Å². The molecule has 0 unspecified atom stereocenters. The first-order valence-electron chi connectivity index (χ1n) is 7.90. The van der Waals surface area contributed by atoms with Gasteiger partial charge in [0.1, 0.15) is 0 Å². The molecule has 0 aliphatic carbocycles. The van der Waals surface area contributed by atoms with Crippen LogP contribution in [0.25, 0.3) is 6.08 Å². The lowest BCUT2D eigenvalue weighted by molar-refractivity contribution is -0.113. The van der Waals surface area contributed by atoms with E-state index in [-0.39, 0.29) is 5.91 Å². The highest BCUT2D eigenvalue weighted by molar-refractivity contribution is 8.18. The first-order valence-corrected chi connectivity index (χ1v) is 8.71. The van der Waals surface area contributed by atoms with Crippen molar-refractivity contribution >= 4 is 28.9 Å². The zero-order valence-electron chi connectivity index (χ0n) is 13.5. The number of amidine groups is 1. The quantitative estimate of drug-likeness (QED) is 0.733. The Labute approximate surface area is 136 Å². The van der Waals surface area contributed by atoms with Crippen molar-refractivity contribution in [1.82, 2.24) is 4.90 Å². The van der Waals surface area contributed by atoms with E-state index in [0.29, 0.717) is 0 Å². The molecule has 0 radical (unpaired) electrons. The number of rotatable bonds is 1. The third kappa shape index (κ3) is 3.12. The van der Waals surface area contributed by atoms with Gasteiger partial charge in [-0.05, 0) is 80.1 Å². The Bertz CT molecular complexity index is 670. The number of thioether (sulfide) groups is 1. The zero-order valence-corrected chi connectivity index (χ0v) is 14.3. The van der Waals surface area contributed by atoms with Crippen molar-refractivity contribution in [2.75, 3.05) is 13.1 Å². The Hall–Kier alpha value is -1.55. The normalized spacial score (nSPS) is 20.7. The second kappa shape index (κ2) is 6.29. The van der Waals surface area contributed by atoms with Gasteiger partial charge in [0.15, 0.2) is 5.17 Å². The number of aryl methyl sites for hydroxylation is 3. The highest BCUT2D eigenvalue weighted by atomic mass is 32.2. The van der Waals surface area contributed by atoms with Gasteiger partial charge in [-0.25, -0.2) is 0 Å². The Morgan fingerprint density at radius 1 is 1.05 bits per heavy atom. The minimum Gasteiger partial charge on any atom is -0.351 e. The van der Waals surface area contributed by atoms with Crippen LogP contribution in [0.4, 0.5) is 0 Å². The van der Waals surface area contributed by atoms with Crippen LogP contribution in [0.5, 0.6) is 0 Å². The molecular formula is C18H22N2OS. The summed E-state index contributed by atoms with van der Waals surface area (Å²) in [7, 11) is 0. The molecule has 22 heavy (non-hydrogen) atoms. The molecule has 2 aliphatic rings. The summed E-state index contributed by atoms with van der Waals surface area (Å²) in [4.78, 5) is 19.4. The molecule has 4 heteroatoms. The average molecular weight is 314 g/mol. The van der Waals surface area contributed by atoms with Crippen LogP contribution >= 0.6 is 11.8 Å². The zero-order chi connectivity index (χ0) is 15.7. The van der Waals surface area contributed by atoms with Gasteiger partial charge in [-0.2, -0.15) is 4.99 Å². The molecule has 0 N–H and O–H groups in total. The molecule has 3 nitrogen and oxygen atoms in total. The molecule has 116 valence electrons. The predicted octanol–water partition coefficient (Wildman–Crippen LogP) is 4.07. The Balaban J connectivity index is 1.82. The third-order valence-corrected chi connectivity index (χ3v) is 5.45. The van der Waals surface area contributed by atoms with Crippen LogP contribution in [-0.2, 0) is 4.79 Å². The molecule has 0 atom stereocenters. The first kappa shape index (κ1) is 15.3. The fourth-order valence-corrected chi connectivity index (χ4v) is 3.85. The molecule has 1 fully saturated rings.